The van der Waals surface area contributed by atoms with E-state index in [0.717, 1.165) is 5.39 Å². The van der Waals surface area contributed by atoms with E-state index in [4.69, 9.17) is 14.2 Å². The van der Waals surface area contributed by atoms with Crippen molar-refractivity contribution in [2.24, 2.45) is 0 Å². The van der Waals surface area contributed by atoms with E-state index in [0.29, 0.717) is 22.7 Å². The van der Waals surface area contributed by atoms with Crippen molar-refractivity contribution in [3.05, 3.63) is 48.7 Å². The van der Waals surface area contributed by atoms with E-state index in [1.807, 2.05) is 18.2 Å². The Morgan fingerprint density at radius 3 is 2.32 bits per heavy atom. The van der Waals surface area contributed by atoms with Gasteiger partial charge in [0.25, 0.3) is 0 Å². The molecule has 1 aromatic heterocycles. The molecule has 0 aliphatic carbocycles. The predicted molar refractivity (Wildman–Crippen MR) is 93.6 cm³/mol. The van der Waals surface area contributed by atoms with Crippen LogP contribution in [-0.2, 0) is 4.74 Å². The van der Waals surface area contributed by atoms with Gasteiger partial charge in [0, 0.05) is 17.6 Å². The van der Waals surface area contributed by atoms with Crippen molar-refractivity contribution in [2.75, 3.05) is 26.2 Å². The highest BCUT2D eigenvalue weighted by molar-refractivity contribution is 5.95. The van der Waals surface area contributed by atoms with Gasteiger partial charge < -0.3 is 14.2 Å². The average Bonchev–Trinajstić information content (AvgIpc) is 2.67. The number of hydrogen-bond donors (Lipinski definition) is 0. The van der Waals surface area contributed by atoms with Crippen molar-refractivity contribution in [3.8, 4) is 11.5 Å². The Kier molecular flexibility index (Phi) is 4.65. The third-order valence-electron chi connectivity index (χ3n) is 3.64. The summed E-state index contributed by atoms with van der Waals surface area (Å²) in [4.78, 5) is 22.3. The maximum atomic E-state index is 12.3. The average molecular weight is 339 g/mol. The van der Waals surface area contributed by atoms with Crippen molar-refractivity contribution < 1.29 is 19.0 Å². The zero-order valence-corrected chi connectivity index (χ0v) is 14.1. The van der Waals surface area contributed by atoms with Gasteiger partial charge in [-0.2, -0.15) is 0 Å². The third kappa shape index (κ3) is 3.16. The van der Waals surface area contributed by atoms with E-state index in [1.54, 1.807) is 44.7 Å². The van der Waals surface area contributed by atoms with Crippen LogP contribution in [-0.4, -0.2) is 37.4 Å². The molecule has 25 heavy (non-hydrogen) atoms. The van der Waals surface area contributed by atoms with E-state index >= 15 is 0 Å². The Morgan fingerprint density at radius 2 is 1.68 bits per heavy atom. The quantitative estimate of drug-likeness (QED) is 0.724. The number of hydrogen-bond acceptors (Lipinski definition) is 6. The smallest absolute Gasteiger partial charge is 0.421 e. The topological polar surface area (TPSA) is 73.8 Å². The van der Waals surface area contributed by atoms with Gasteiger partial charge in [-0.05, 0) is 18.2 Å². The fraction of sp³-hybridized carbons (Fsp3) is 0.167. The summed E-state index contributed by atoms with van der Waals surface area (Å²) >= 11 is 0. The number of carbonyl (C=O) groups is 1. The van der Waals surface area contributed by atoms with Gasteiger partial charge in [-0.15, -0.1) is 0 Å². The summed E-state index contributed by atoms with van der Waals surface area (Å²) in [6.07, 6.45) is 1.05. The number of ether oxygens (including phenoxy) is 3. The molecule has 0 saturated heterocycles. The molecule has 0 atom stereocenters. The number of amides is 1. The van der Waals surface area contributed by atoms with E-state index in [1.165, 1.54) is 12.0 Å². The van der Waals surface area contributed by atoms with Crippen LogP contribution in [0.25, 0.3) is 10.9 Å². The first kappa shape index (κ1) is 16.5. The molecular formula is C18H17N3O4. The fourth-order valence-corrected chi connectivity index (χ4v) is 2.43. The summed E-state index contributed by atoms with van der Waals surface area (Å²) < 4.78 is 15.5. The predicted octanol–water partition coefficient (Wildman–Crippen LogP) is 3.55. The number of aromatic nitrogens is 2. The largest absolute Gasteiger partial charge is 0.493 e. The maximum Gasteiger partial charge on any atom is 0.421 e. The minimum Gasteiger partial charge on any atom is -0.493 e. The molecule has 1 amide bonds. The van der Waals surface area contributed by atoms with Gasteiger partial charge in [0.1, 0.15) is 0 Å². The van der Waals surface area contributed by atoms with Gasteiger partial charge >= 0.3 is 6.09 Å². The number of benzene rings is 2. The van der Waals surface area contributed by atoms with Crippen LogP contribution in [0.15, 0.2) is 48.7 Å². The second-order valence-electron chi connectivity index (χ2n) is 5.08. The van der Waals surface area contributed by atoms with Crippen LogP contribution in [0.3, 0.4) is 0 Å². The van der Waals surface area contributed by atoms with Crippen LogP contribution in [0.2, 0.25) is 0 Å². The standard InChI is InChI=1S/C18H17N3O4/c1-23-15-9-12-11-19-17(20-14(12)10-16(15)24-2)21(18(22)25-3)13-7-5-4-6-8-13/h4-11H,1-3H3. The molecule has 128 valence electrons. The molecule has 0 aliphatic heterocycles. The third-order valence-corrected chi connectivity index (χ3v) is 3.64. The Labute approximate surface area is 144 Å². The highest BCUT2D eigenvalue weighted by Gasteiger charge is 2.22. The first-order valence-corrected chi connectivity index (χ1v) is 7.50. The van der Waals surface area contributed by atoms with Crippen LogP contribution >= 0.6 is 0 Å². The molecule has 3 rings (SSSR count). The lowest BCUT2D eigenvalue weighted by molar-refractivity contribution is 0.181. The lowest BCUT2D eigenvalue weighted by Gasteiger charge is -2.19. The zero-order chi connectivity index (χ0) is 17.8. The maximum absolute atomic E-state index is 12.3. The molecule has 0 radical (unpaired) electrons. The molecule has 1 heterocycles. The Balaban J connectivity index is 2.13. The molecule has 7 heteroatoms. The normalized spacial score (nSPS) is 10.4. The summed E-state index contributed by atoms with van der Waals surface area (Å²) in [5.74, 6) is 1.33. The molecule has 0 aliphatic rings. The van der Waals surface area contributed by atoms with Crippen LogP contribution < -0.4 is 14.4 Å². The Morgan fingerprint density at radius 1 is 1.00 bits per heavy atom. The van der Waals surface area contributed by atoms with E-state index < -0.39 is 6.09 Å². The van der Waals surface area contributed by atoms with E-state index in [9.17, 15) is 4.79 Å². The van der Waals surface area contributed by atoms with Crippen molar-refractivity contribution in [3.63, 3.8) is 0 Å². The number of methoxy groups -OCH3 is 3. The highest BCUT2D eigenvalue weighted by atomic mass is 16.5. The van der Waals surface area contributed by atoms with Crippen LogP contribution in [0.5, 0.6) is 11.5 Å². The number of fused-ring (bicyclic) bond motifs is 1. The Hall–Kier alpha value is -3.35. The highest BCUT2D eigenvalue weighted by Crippen LogP contribution is 2.32. The van der Waals surface area contributed by atoms with Gasteiger partial charge in [0.2, 0.25) is 5.95 Å². The van der Waals surface area contributed by atoms with Gasteiger partial charge in [-0.25, -0.2) is 19.7 Å². The first-order chi connectivity index (χ1) is 12.2. The second-order valence-corrected chi connectivity index (χ2v) is 5.08. The van der Waals surface area contributed by atoms with Crippen molar-refractivity contribution >= 4 is 28.6 Å². The summed E-state index contributed by atoms with van der Waals surface area (Å²) in [7, 11) is 4.43. The fourth-order valence-electron chi connectivity index (χ4n) is 2.43. The molecule has 0 fully saturated rings. The van der Waals surface area contributed by atoms with Crippen LogP contribution in [0.4, 0.5) is 16.4 Å². The van der Waals surface area contributed by atoms with Crippen LogP contribution in [0, 0.1) is 0 Å². The lowest BCUT2D eigenvalue weighted by Crippen LogP contribution is -2.27. The van der Waals surface area contributed by atoms with Gasteiger partial charge in [0.05, 0.1) is 32.5 Å². The van der Waals surface area contributed by atoms with Crippen molar-refractivity contribution in [1.82, 2.24) is 9.97 Å². The monoisotopic (exact) mass is 339 g/mol. The SMILES string of the molecule is COC(=O)N(c1ccccc1)c1ncc2cc(OC)c(OC)cc2n1. The molecule has 2 aromatic carbocycles. The van der Waals surface area contributed by atoms with Gasteiger partial charge in [-0.3, -0.25) is 0 Å². The molecular weight excluding hydrogens is 322 g/mol. The molecule has 0 N–H and O–H groups in total. The second kappa shape index (κ2) is 7.04. The van der Waals surface area contributed by atoms with Gasteiger partial charge in [-0.1, -0.05) is 18.2 Å². The van der Waals surface area contributed by atoms with Crippen LogP contribution in [0.1, 0.15) is 0 Å². The molecule has 0 unspecified atom stereocenters. The van der Waals surface area contributed by atoms with Gasteiger partial charge in [0.15, 0.2) is 11.5 Å². The van der Waals surface area contributed by atoms with Crippen molar-refractivity contribution in [1.29, 1.82) is 0 Å². The minimum absolute atomic E-state index is 0.206. The lowest BCUT2D eigenvalue weighted by atomic mass is 10.2. The zero-order valence-electron chi connectivity index (χ0n) is 14.1. The molecule has 0 saturated carbocycles. The Bertz CT molecular complexity index is 899. The minimum atomic E-state index is -0.578. The summed E-state index contributed by atoms with van der Waals surface area (Å²) in [5, 5.41) is 0.763. The number of nitrogens with zero attached hydrogens (tertiary/aromatic N) is 3. The molecule has 3 aromatic rings. The molecule has 0 spiro atoms. The first-order valence-electron chi connectivity index (χ1n) is 7.50. The molecule has 7 nitrogen and oxygen atoms in total. The number of anilines is 2. The summed E-state index contributed by atoms with van der Waals surface area (Å²) in [5.41, 5.74) is 1.22. The van der Waals surface area contributed by atoms with Crippen molar-refractivity contribution in [2.45, 2.75) is 0 Å². The summed E-state index contributed by atoms with van der Waals surface area (Å²) in [6, 6.07) is 12.6. The number of carbonyl (C=O) groups excluding carboxylic acids is 1. The van der Waals surface area contributed by atoms with E-state index in [-0.39, 0.29) is 5.95 Å². The summed E-state index contributed by atoms with van der Waals surface area (Å²) in [6.45, 7) is 0. The molecule has 0 bridgehead atoms. The number of rotatable bonds is 4. The van der Waals surface area contributed by atoms with E-state index in [2.05, 4.69) is 9.97 Å². The number of para-hydroxylation sites is 1.